The van der Waals surface area contributed by atoms with E-state index in [1.165, 1.54) is 4.90 Å². The maximum Gasteiger partial charge on any atom is 0.243 e. The zero-order valence-corrected chi connectivity index (χ0v) is 7.86. The second-order valence-corrected chi connectivity index (χ2v) is 2.88. The van der Waals surface area contributed by atoms with E-state index in [0.29, 0.717) is 0 Å². The first-order valence-corrected chi connectivity index (χ1v) is 4.48. The van der Waals surface area contributed by atoms with Gasteiger partial charge in [0.2, 0.25) is 11.8 Å². The number of hydrogen-bond donors (Lipinski definition) is 2. The molecule has 0 saturated carbocycles. The number of ether oxygens (including phenoxy) is 1. The van der Waals surface area contributed by atoms with Gasteiger partial charge >= 0.3 is 0 Å². The first-order chi connectivity index (χ1) is 6.75. The lowest BCUT2D eigenvalue weighted by Gasteiger charge is -2.25. The number of aliphatic hydroxyl groups is 1. The van der Waals surface area contributed by atoms with Gasteiger partial charge in [-0.3, -0.25) is 19.8 Å². The van der Waals surface area contributed by atoms with Crippen molar-refractivity contribution in [1.82, 2.24) is 10.2 Å². The number of nitrogens with zero attached hydrogens (tertiary/aromatic N) is 1. The van der Waals surface area contributed by atoms with Gasteiger partial charge in [0, 0.05) is 0 Å². The number of piperazine rings is 1. The molecule has 2 N–H and O–H groups in total. The third-order valence-corrected chi connectivity index (χ3v) is 1.85. The van der Waals surface area contributed by atoms with E-state index in [9.17, 15) is 9.59 Å². The van der Waals surface area contributed by atoms with E-state index in [4.69, 9.17) is 9.84 Å². The van der Waals surface area contributed by atoms with E-state index in [0.717, 1.165) is 0 Å². The lowest BCUT2D eigenvalue weighted by atomic mass is 10.3. The van der Waals surface area contributed by atoms with Crippen molar-refractivity contribution in [3.63, 3.8) is 0 Å². The number of imide groups is 1. The Hall–Kier alpha value is -0.980. The van der Waals surface area contributed by atoms with E-state index in [1.54, 1.807) is 0 Å². The molecule has 6 nitrogen and oxygen atoms in total. The Labute approximate surface area is 81.8 Å². The summed E-state index contributed by atoms with van der Waals surface area (Å²) in [7, 11) is 0. The normalized spacial score (nSPS) is 17.6. The molecule has 6 heteroatoms. The average Bonchev–Trinajstić information content (AvgIpc) is 2.16. The SMILES string of the molecule is O=C1CNCC(=O)N1CCOCCO. The van der Waals surface area contributed by atoms with Crippen LogP contribution in [0, 0.1) is 0 Å². The van der Waals surface area contributed by atoms with Crippen molar-refractivity contribution in [3.05, 3.63) is 0 Å². The molecular weight excluding hydrogens is 188 g/mol. The van der Waals surface area contributed by atoms with Crippen molar-refractivity contribution in [1.29, 1.82) is 0 Å². The maximum atomic E-state index is 11.2. The number of aliphatic hydroxyl groups excluding tert-OH is 1. The second kappa shape index (κ2) is 5.69. The van der Waals surface area contributed by atoms with Gasteiger partial charge in [0.25, 0.3) is 0 Å². The zero-order chi connectivity index (χ0) is 10.4. The molecule has 0 aromatic heterocycles. The molecule has 0 aromatic carbocycles. The Morgan fingerprint density at radius 3 is 2.50 bits per heavy atom. The summed E-state index contributed by atoms with van der Waals surface area (Å²) < 4.78 is 4.97. The first kappa shape index (κ1) is 11.1. The summed E-state index contributed by atoms with van der Waals surface area (Å²) in [5, 5.41) is 11.1. The van der Waals surface area contributed by atoms with Crippen molar-refractivity contribution in [2.45, 2.75) is 0 Å². The summed E-state index contributed by atoms with van der Waals surface area (Å²) in [6.45, 7) is 1.12. The van der Waals surface area contributed by atoms with Crippen LogP contribution in [0.5, 0.6) is 0 Å². The fraction of sp³-hybridized carbons (Fsp3) is 0.750. The maximum absolute atomic E-state index is 11.2. The number of amides is 2. The third kappa shape index (κ3) is 3.06. The zero-order valence-electron chi connectivity index (χ0n) is 7.86. The monoisotopic (exact) mass is 202 g/mol. The predicted octanol–water partition coefficient (Wildman–Crippen LogP) is -2.05. The Morgan fingerprint density at radius 1 is 1.29 bits per heavy atom. The van der Waals surface area contributed by atoms with Gasteiger partial charge in [-0.1, -0.05) is 0 Å². The molecule has 0 aliphatic carbocycles. The van der Waals surface area contributed by atoms with E-state index in [-0.39, 0.29) is 51.3 Å². The van der Waals surface area contributed by atoms with E-state index in [1.807, 2.05) is 0 Å². The quantitative estimate of drug-likeness (QED) is 0.396. The van der Waals surface area contributed by atoms with Crippen molar-refractivity contribution in [3.8, 4) is 0 Å². The molecule has 1 heterocycles. The molecule has 1 rings (SSSR count). The average molecular weight is 202 g/mol. The van der Waals surface area contributed by atoms with Crippen LogP contribution in [-0.4, -0.2) is 61.3 Å². The van der Waals surface area contributed by atoms with Crippen LogP contribution >= 0.6 is 0 Å². The molecule has 1 saturated heterocycles. The standard InChI is InChI=1S/C8H14N2O4/c11-2-4-14-3-1-10-7(12)5-9-6-8(10)13/h9,11H,1-6H2. The van der Waals surface area contributed by atoms with Crippen LogP contribution in [0.4, 0.5) is 0 Å². The van der Waals surface area contributed by atoms with Crippen molar-refractivity contribution in [2.24, 2.45) is 0 Å². The van der Waals surface area contributed by atoms with E-state index >= 15 is 0 Å². The van der Waals surface area contributed by atoms with E-state index in [2.05, 4.69) is 5.32 Å². The Morgan fingerprint density at radius 2 is 1.93 bits per heavy atom. The number of hydrogen-bond acceptors (Lipinski definition) is 5. The van der Waals surface area contributed by atoms with Gasteiger partial charge in [0.05, 0.1) is 39.5 Å². The number of carbonyl (C=O) groups excluding carboxylic acids is 2. The van der Waals surface area contributed by atoms with Crippen LogP contribution in [0.25, 0.3) is 0 Å². The Bertz CT molecular complexity index is 203. The van der Waals surface area contributed by atoms with Crippen molar-refractivity contribution >= 4 is 11.8 Å². The predicted molar refractivity (Wildman–Crippen MR) is 47.5 cm³/mol. The minimum atomic E-state index is -0.228. The Kier molecular flexibility index (Phi) is 4.51. The number of carbonyl (C=O) groups is 2. The highest BCUT2D eigenvalue weighted by Gasteiger charge is 2.24. The molecule has 14 heavy (non-hydrogen) atoms. The lowest BCUT2D eigenvalue weighted by molar-refractivity contribution is -0.147. The molecule has 80 valence electrons. The van der Waals surface area contributed by atoms with Gasteiger partial charge in [0.1, 0.15) is 0 Å². The van der Waals surface area contributed by atoms with Gasteiger partial charge in [0.15, 0.2) is 0 Å². The summed E-state index contributed by atoms with van der Waals surface area (Å²) in [6.07, 6.45) is 0. The Balaban J connectivity index is 2.26. The topological polar surface area (TPSA) is 78.9 Å². The first-order valence-electron chi connectivity index (χ1n) is 4.48. The molecule has 0 atom stereocenters. The molecule has 0 aromatic rings. The van der Waals surface area contributed by atoms with Crippen LogP contribution < -0.4 is 5.32 Å². The van der Waals surface area contributed by atoms with Gasteiger partial charge in [-0.2, -0.15) is 0 Å². The highest BCUT2D eigenvalue weighted by molar-refractivity contribution is 5.99. The molecule has 0 bridgehead atoms. The summed E-state index contributed by atoms with van der Waals surface area (Å²) in [5.41, 5.74) is 0. The molecule has 0 radical (unpaired) electrons. The molecule has 1 fully saturated rings. The molecule has 2 amide bonds. The third-order valence-electron chi connectivity index (χ3n) is 1.85. The van der Waals surface area contributed by atoms with Crippen LogP contribution in [-0.2, 0) is 14.3 Å². The number of rotatable bonds is 5. The number of nitrogens with one attached hydrogen (secondary N) is 1. The fourth-order valence-electron chi connectivity index (χ4n) is 1.18. The summed E-state index contributed by atoms with van der Waals surface area (Å²) in [4.78, 5) is 23.6. The van der Waals surface area contributed by atoms with Gasteiger partial charge < -0.3 is 9.84 Å². The minimum Gasteiger partial charge on any atom is -0.394 e. The van der Waals surface area contributed by atoms with Crippen LogP contribution in [0.15, 0.2) is 0 Å². The largest absolute Gasteiger partial charge is 0.394 e. The van der Waals surface area contributed by atoms with Crippen LogP contribution in [0.1, 0.15) is 0 Å². The second-order valence-electron chi connectivity index (χ2n) is 2.88. The van der Waals surface area contributed by atoms with Gasteiger partial charge in [-0.15, -0.1) is 0 Å². The van der Waals surface area contributed by atoms with Gasteiger partial charge in [-0.25, -0.2) is 0 Å². The lowest BCUT2D eigenvalue weighted by Crippen LogP contribution is -2.52. The van der Waals surface area contributed by atoms with E-state index < -0.39 is 0 Å². The van der Waals surface area contributed by atoms with Crippen molar-refractivity contribution in [2.75, 3.05) is 39.5 Å². The van der Waals surface area contributed by atoms with Gasteiger partial charge in [-0.05, 0) is 0 Å². The van der Waals surface area contributed by atoms with Crippen molar-refractivity contribution < 1.29 is 19.4 Å². The molecule has 0 spiro atoms. The van der Waals surface area contributed by atoms with Crippen LogP contribution in [0.3, 0.4) is 0 Å². The molecule has 1 aliphatic heterocycles. The highest BCUT2D eigenvalue weighted by atomic mass is 16.5. The smallest absolute Gasteiger partial charge is 0.243 e. The fourth-order valence-corrected chi connectivity index (χ4v) is 1.18. The minimum absolute atomic E-state index is 0.0521. The molecular formula is C8H14N2O4. The summed E-state index contributed by atoms with van der Waals surface area (Å²) in [6, 6.07) is 0. The summed E-state index contributed by atoms with van der Waals surface area (Å²) >= 11 is 0. The summed E-state index contributed by atoms with van der Waals surface area (Å²) in [5.74, 6) is -0.456. The molecule has 1 aliphatic rings. The highest BCUT2D eigenvalue weighted by Crippen LogP contribution is 1.95. The van der Waals surface area contributed by atoms with Crippen LogP contribution in [0.2, 0.25) is 0 Å². The molecule has 0 unspecified atom stereocenters.